The largest absolute Gasteiger partial charge is 0.342 e. The number of hydrogen-bond acceptors (Lipinski definition) is 5. The van der Waals surface area contributed by atoms with E-state index in [4.69, 9.17) is 10.4 Å². The highest BCUT2D eigenvalue weighted by atomic mass is 79.9. The van der Waals surface area contributed by atoms with Crippen molar-refractivity contribution in [2.24, 2.45) is 11.8 Å². The Balaban J connectivity index is 1.34. The summed E-state index contributed by atoms with van der Waals surface area (Å²) < 4.78 is 1.83. The summed E-state index contributed by atoms with van der Waals surface area (Å²) in [5.41, 5.74) is 5.20. The van der Waals surface area contributed by atoms with E-state index in [-0.39, 0.29) is 16.7 Å². The molecule has 3 aromatic rings. The summed E-state index contributed by atoms with van der Waals surface area (Å²) in [6.07, 6.45) is 6.74. The van der Waals surface area contributed by atoms with Crippen LogP contribution >= 0.6 is 15.9 Å². The Hall–Kier alpha value is -2.84. The zero-order valence-electron chi connectivity index (χ0n) is 21.8. The van der Waals surface area contributed by atoms with E-state index >= 15 is 0 Å². The van der Waals surface area contributed by atoms with Crippen LogP contribution in [0.2, 0.25) is 0 Å². The minimum Gasteiger partial charge on any atom is -0.342 e. The van der Waals surface area contributed by atoms with E-state index in [0.29, 0.717) is 24.2 Å². The SMILES string of the molecule is CC1CC(C2CCN(C(=O)CN(C)C)CC2)C(Br)C(=N)n2ncc(-c3ccc(-c4ccccc4)nc3)c21. The van der Waals surface area contributed by atoms with Gasteiger partial charge in [-0.2, -0.15) is 5.10 Å². The fraction of sp³-hybridized carbons (Fsp3) is 0.448. The van der Waals surface area contributed by atoms with Gasteiger partial charge in [0.1, 0.15) is 5.84 Å². The molecule has 194 valence electrons. The van der Waals surface area contributed by atoms with Crippen molar-refractivity contribution in [2.45, 2.75) is 36.9 Å². The molecule has 2 aromatic heterocycles. The lowest BCUT2D eigenvalue weighted by molar-refractivity contribution is -0.133. The van der Waals surface area contributed by atoms with Crippen LogP contribution in [0.1, 0.15) is 37.8 Å². The number of aromatic nitrogens is 3. The molecule has 2 aliphatic rings. The Kier molecular flexibility index (Phi) is 7.58. The summed E-state index contributed by atoms with van der Waals surface area (Å²) in [6.45, 7) is 4.31. The quantitative estimate of drug-likeness (QED) is 0.437. The minimum absolute atomic E-state index is 0.0726. The van der Waals surface area contributed by atoms with Gasteiger partial charge in [-0.15, -0.1) is 0 Å². The molecule has 0 radical (unpaired) electrons. The third kappa shape index (κ3) is 5.27. The van der Waals surface area contributed by atoms with Gasteiger partial charge in [-0.1, -0.05) is 59.3 Å². The number of likely N-dealkylation sites (N-methyl/N-ethyl adjacent to an activating group) is 1. The minimum atomic E-state index is -0.0726. The first-order valence-corrected chi connectivity index (χ1v) is 14.0. The van der Waals surface area contributed by atoms with Crippen molar-refractivity contribution in [1.29, 1.82) is 5.41 Å². The molecule has 1 amide bonds. The molecule has 1 aromatic carbocycles. The molecular weight excluding hydrogens is 528 g/mol. The molecule has 7 nitrogen and oxygen atoms in total. The number of nitrogens with one attached hydrogen (secondary N) is 1. The second kappa shape index (κ2) is 10.9. The van der Waals surface area contributed by atoms with Crippen LogP contribution in [0, 0.1) is 17.2 Å². The van der Waals surface area contributed by atoms with Crippen LogP contribution in [-0.4, -0.2) is 74.9 Å². The molecule has 1 saturated heterocycles. The van der Waals surface area contributed by atoms with E-state index in [1.165, 1.54) is 0 Å². The van der Waals surface area contributed by atoms with E-state index in [1.54, 1.807) is 0 Å². The predicted molar refractivity (Wildman–Crippen MR) is 151 cm³/mol. The molecule has 1 fully saturated rings. The number of halogens is 1. The van der Waals surface area contributed by atoms with Gasteiger partial charge in [-0.3, -0.25) is 15.2 Å². The molecule has 4 heterocycles. The second-order valence-electron chi connectivity index (χ2n) is 10.7. The molecule has 37 heavy (non-hydrogen) atoms. The average molecular weight is 564 g/mol. The lowest BCUT2D eigenvalue weighted by atomic mass is 9.77. The van der Waals surface area contributed by atoms with Crippen molar-refractivity contribution in [3.63, 3.8) is 0 Å². The highest BCUT2D eigenvalue weighted by Crippen LogP contribution is 2.43. The first-order chi connectivity index (χ1) is 17.8. The number of amides is 1. The van der Waals surface area contributed by atoms with Gasteiger partial charge in [-0.05, 0) is 57.2 Å². The van der Waals surface area contributed by atoms with Crippen molar-refractivity contribution >= 4 is 27.7 Å². The molecule has 5 rings (SSSR count). The topological polar surface area (TPSA) is 78.1 Å². The monoisotopic (exact) mass is 562 g/mol. The standard InChI is InChI=1S/C29H35BrN6O/c1-19-15-23(20-11-13-35(14-12-20)26(37)18-34(2)3)27(30)29(31)36-28(19)24(17-33-36)22-9-10-25(32-16-22)21-7-5-4-6-8-21/h4-10,16-17,19-20,23,27,31H,11-15,18H2,1-3H3. The smallest absolute Gasteiger partial charge is 0.236 e. The number of carbonyl (C=O) groups excluding carboxylic acids is 1. The van der Waals surface area contributed by atoms with Crippen molar-refractivity contribution < 1.29 is 4.79 Å². The fourth-order valence-electron chi connectivity index (χ4n) is 5.92. The van der Waals surface area contributed by atoms with Crippen LogP contribution in [0.3, 0.4) is 0 Å². The van der Waals surface area contributed by atoms with Crippen molar-refractivity contribution in [1.82, 2.24) is 24.6 Å². The maximum atomic E-state index is 12.5. The third-order valence-corrected chi connectivity index (χ3v) is 8.97. The highest BCUT2D eigenvalue weighted by molar-refractivity contribution is 9.10. The van der Waals surface area contributed by atoms with Gasteiger partial charge < -0.3 is 9.80 Å². The number of hydrogen-bond donors (Lipinski definition) is 1. The fourth-order valence-corrected chi connectivity index (χ4v) is 6.76. The number of fused-ring (bicyclic) bond motifs is 1. The molecule has 0 bridgehead atoms. The van der Waals surface area contributed by atoms with Gasteiger partial charge in [0.2, 0.25) is 5.91 Å². The zero-order chi connectivity index (χ0) is 26.1. The zero-order valence-corrected chi connectivity index (χ0v) is 23.4. The molecule has 3 atom stereocenters. The van der Waals surface area contributed by atoms with Gasteiger partial charge in [-0.25, -0.2) is 4.68 Å². The molecular formula is C29H35BrN6O. The van der Waals surface area contributed by atoms with Gasteiger partial charge in [0.05, 0.1) is 29.0 Å². The van der Waals surface area contributed by atoms with Crippen LogP contribution < -0.4 is 0 Å². The van der Waals surface area contributed by atoms with Crippen molar-refractivity contribution in [2.75, 3.05) is 33.7 Å². The average Bonchev–Trinajstić information content (AvgIpc) is 3.33. The van der Waals surface area contributed by atoms with E-state index in [2.05, 4.69) is 52.2 Å². The van der Waals surface area contributed by atoms with Gasteiger partial charge in [0.15, 0.2) is 0 Å². The maximum Gasteiger partial charge on any atom is 0.236 e. The van der Waals surface area contributed by atoms with Gasteiger partial charge in [0.25, 0.3) is 0 Å². The molecule has 2 aliphatic heterocycles. The summed E-state index contributed by atoms with van der Waals surface area (Å²) in [7, 11) is 3.87. The first kappa shape index (κ1) is 25.8. The maximum absolute atomic E-state index is 12.5. The number of nitrogens with zero attached hydrogens (tertiary/aromatic N) is 5. The molecule has 0 aliphatic carbocycles. The summed E-state index contributed by atoms with van der Waals surface area (Å²) >= 11 is 3.90. The van der Waals surface area contributed by atoms with Crippen molar-refractivity contribution in [3.8, 4) is 22.4 Å². The molecule has 8 heteroatoms. The lowest BCUT2D eigenvalue weighted by Gasteiger charge is -2.38. The van der Waals surface area contributed by atoms with Gasteiger partial charge >= 0.3 is 0 Å². The number of rotatable bonds is 5. The van der Waals surface area contributed by atoms with E-state index < -0.39 is 0 Å². The Bertz CT molecular complexity index is 1250. The van der Waals surface area contributed by atoms with Crippen LogP contribution in [0.4, 0.5) is 0 Å². The second-order valence-corrected chi connectivity index (χ2v) is 11.7. The van der Waals surface area contributed by atoms with Crippen molar-refractivity contribution in [3.05, 3.63) is 60.6 Å². The van der Waals surface area contributed by atoms with Crippen LogP contribution in [0.5, 0.6) is 0 Å². The third-order valence-electron chi connectivity index (χ3n) is 7.86. The molecule has 0 saturated carbocycles. The van der Waals surface area contributed by atoms with Crippen LogP contribution in [0.25, 0.3) is 22.4 Å². The molecule has 0 spiro atoms. The summed E-state index contributed by atoms with van der Waals surface area (Å²) in [4.78, 5) is 21.1. The number of likely N-dealkylation sites (tertiary alicyclic amines) is 1. The summed E-state index contributed by atoms with van der Waals surface area (Å²) in [6, 6.07) is 14.4. The first-order valence-electron chi connectivity index (χ1n) is 13.1. The number of benzene rings is 1. The molecule has 1 N–H and O–H groups in total. The van der Waals surface area contributed by atoms with Crippen LogP contribution in [0.15, 0.2) is 54.9 Å². The predicted octanol–water partition coefficient (Wildman–Crippen LogP) is 5.12. The summed E-state index contributed by atoms with van der Waals surface area (Å²) in [5.74, 6) is 1.73. The van der Waals surface area contributed by atoms with E-state index in [0.717, 1.165) is 60.4 Å². The van der Waals surface area contributed by atoms with Crippen LogP contribution in [-0.2, 0) is 4.79 Å². The lowest BCUT2D eigenvalue weighted by Crippen LogP contribution is -2.45. The van der Waals surface area contributed by atoms with E-state index in [9.17, 15) is 4.79 Å². The Morgan fingerprint density at radius 3 is 2.46 bits per heavy atom. The normalized spacial score (nSPS) is 22.7. The Labute approximate surface area is 227 Å². The summed E-state index contributed by atoms with van der Waals surface area (Å²) in [5, 5.41) is 13.7. The Morgan fingerprint density at radius 2 is 1.81 bits per heavy atom. The van der Waals surface area contributed by atoms with Gasteiger partial charge in [0, 0.05) is 36.0 Å². The Morgan fingerprint density at radius 1 is 1.08 bits per heavy atom. The number of carbonyl (C=O) groups is 1. The molecule has 3 unspecified atom stereocenters. The highest BCUT2D eigenvalue weighted by Gasteiger charge is 2.40. The number of alkyl halides is 1. The van der Waals surface area contributed by atoms with E-state index in [1.807, 2.05) is 59.2 Å². The number of pyridine rings is 1. The number of piperidine rings is 1.